The quantitative estimate of drug-likeness (QED) is 0.329. The van der Waals surface area contributed by atoms with Crippen LogP contribution in [-0.4, -0.2) is 41.0 Å². The zero-order valence-electron chi connectivity index (χ0n) is 23.7. The molecular formula is C32H39N3O4. The number of likely N-dealkylation sites (N-methyl/N-ethyl adjacent to an activating group) is 1. The van der Waals surface area contributed by atoms with Gasteiger partial charge in [0, 0.05) is 12.2 Å². The van der Waals surface area contributed by atoms with Gasteiger partial charge in [-0.3, -0.25) is 9.59 Å². The van der Waals surface area contributed by atoms with Gasteiger partial charge in [0.2, 0.25) is 5.91 Å². The van der Waals surface area contributed by atoms with Crippen molar-refractivity contribution in [1.29, 1.82) is 0 Å². The van der Waals surface area contributed by atoms with E-state index in [0.717, 1.165) is 16.3 Å². The van der Waals surface area contributed by atoms with Crippen LogP contribution in [0.2, 0.25) is 0 Å². The topological polar surface area (TPSA) is 87.7 Å². The summed E-state index contributed by atoms with van der Waals surface area (Å²) < 4.78 is 5.41. The molecule has 0 aliphatic carbocycles. The van der Waals surface area contributed by atoms with Crippen LogP contribution in [0.15, 0.2) is 73.3 Å². The summed E-state index contributed by atoms with van der Waals surface area (Å²) in [5, 5.41) is 7.78. The minimum Gasteiger partial charge on any atom is -0.444 e. The van der Waals surface area contributed by atoms with Gasteiger partial charge < -0.3 is 20.3 Å². The Morgan fingerprint density at radius 1 is 0.974 bits per heavy atom. The summed E-state index contributed by atoms with van der Waals surface area (Å²) in [6.07, 6.45) is 1.01. The van der Waals surface area contributed by atoms with Crippen molar-refractivity contribution >= 4 is 40.4 Å². The Hall–Kier alpha value is -4.13. The fraction of sp³-hybridized carbons (Fsp3) is 0.344. The van der Waals surface area contributed by atoms with Crippen molar-refractivity contribution in [1.82, 2.24) is 10.2 Å². The number of anilines is 1. The molecule has 2 unspecified atom stereocenters. The second kappa shape index (κ2) is 12.6. The van der Waals surface area contributed by atoms with Crippen LogP contribution >= 0.6 is 0 Å². The molecule has 0 heterocycles. The van der Waals surface area contributed by atoms with Gasteiger partial charge in [-0.1, -0.05) is 75.0 Å². The number of carbonyl (C=O) groups is 3. The summed E-state index contributed by atoms with van der Waals surface area (Å²) >= 11 is 0. The summed E-state index contributed by atoms with van der Waals surface area (Å²) in [5.41, 5.74) is 1.37. The van der Waals surface area contributed by atoms with Gasteiger partial charge in [-0.15, -0.1) is 0 Å². The predicted octanol–water partition coefficient (Wildman–Crippen LogP) is 6.56. The van der Waals surface area contributed by atoms with Crippen LogP contribution in [0.25, 0.3) is 16.8 Å². The van der Waals surface area contributed by atoms with Crippen LogP contribution in [0.5, 0.6) is 0 Å². The van der Waals surface area contributed by atoms with Crippen LogP contribution in [0.3, 0.4) is 0 Å². The van der Waals surface area contributed by atoms with Crippen LogP contribution < -0.4 is 10.6 Å². The highest BCUT2D eigenvalue weighted by Crippen LogP contribution is 2.27. The number of hydrogen-bond donors (Lipinski definition) is 2. The van der Waals surface area contributed by atoms with Crippen molar-refractivity contribution in [3.63, 3.8) is 0 Å². The molecule has 0 spiro atoms. The van der Waals surface area contributed by atoms with Crippen LogP contribution in [0.4, 0.5) is 10.5 Å². The van der Waals surface area contributed by atoms with E-state index in [1.54, 1.807) is 26.8 Å². The lowest BCUT2D eigenvalue weighted by Crippen LogP contribution is -2.54. The molecule has 3 aromatic carbocycles. The second-order valence-electron chi connectivity index (χ2n) is 10.8. The first kappa shape index (κ1) is 29.4. The molecule has 0 aliphatic heterocycles. The Kier molecular flexibility index (Phi) is 9.51. The van der Waals surface area contributed by atoms with Crippen molar-refractivity contribution in [3.05, 3.63) is 84.4 Å². The first-order valence-electron chi connectivity index (χ1n) is 13.3. The minimum atomic E-state index is -0.949. The number of alkyl carbamates (subject to hydrolysis) is 1. The Morgan fingerprint density at radius 2 is 1.67 bits per heavy atom. The molecule has 7 nitrogen and oxygen atoms in total. The van der Waals surface area contributed by atoms with E-state index in [1.807, 2.05) is 87.5 Å². The summed E-state index contributed by atoms with van der Waals surface area (Å²) in [6, 6.07) is 19.1. The molecule has 0 aromatic heterocycles. The van der Waals surface area contributed by atoms with Gasteiger partial charge in [-0.25, -0.2) is 4.79 Å². The third-order valence-electron chi connectivity index (χ3n) is 6.27. The van der Waals surface area contributed by atoms with Gasteiger partial charge in [0.05, 0.1) is 0 Å². The number of carbonyl (C=O) groups excluding carboxylic acids is 3. The van der Waals surface area contributed by atoms with Crippen molar-refractivity contribution in [2.45, 2.75) is 59.2 Å². The van der Waals surface area contributed by atoms with Crippen LogP contribution in [0.1, 0.15) is 58.7 Å². The van der Waals surface area contributed by atoms with E-state index in [1.165, 1.54) is 4.90 Å². The number of nitrogens with zero attached hydrogens (tertiary/aromatic N) is 1. The molecule has 2 atom stereocenters. The van der Waals surface area contributed by atoms with Gasteiger partial charge in [0.25, 0.3) is 5.91 Å². The molecule has 0 radical (unpaired) electrons. The zero-order valence-corrected chi connectivity index (χ0v) is 23.7. The molecule has 3 aromatic rings. The van der Waals surface area contributed by atoms with Crippen LogP contribution in [-0.2, 0) is 14.3 Å². The van der Waals surface area contributed by atoms with Gasteiger partial charge in [-0.05, 0) is 73.7 Å². The largest absolute Gasteiger partial charge is 0.444 e. The summed E-state index contributed by atoms with van der Waals surface area (Å²) in [6.45, 7) is 14.9. The minimum absolute atomic E-state index is 0.242. The highest BCUT2D eigenvalue weighted by Gasteiger charge is 2.37. The van der Waals surface area contributed by atoms with E-state index in [0.29, 0.717) is 11.3 Å². The third-order valence-corrected chi connectivity index (χ3v) is 6.27. The first-order chi connectivity index (χ1) is 18.4. The normalized spacial score (nSPS) is 12.9. The molecule has 2 N–H and O–H groups in total. The zero-order chi connectivity index (χ0) is 28.7. The number of hydrogen-bond acceptors (Lipinski definition) is 4. The van der Waals surface area contributed by atoms with E-state index in [2.05, 4.69) is 17.2 Å². The molecule has 206 valence electrons. The number of fused-ring (bicyclic) bond motifs is 1. The van der Waals surface area contributed by atoms with E-state index in [9.17, 15) is 14.4 Å². The van der Waals surface area contributed by atoms with E-state index in [4.69, 9.17) is 4.74 Å². The lowest BCUT2D eigenvalue weighted by atomic mass is 9.97. The Bertz CT molecular complexity index is 1340. The molecule has 39 heavy (non-hydrogen) atoms. The lowest BCUT2D eigenvalue weighted by molar-refractivity contribution is -0.141. The highest BCUT2D eigenvalue weighted by molar-refractivity contribution is 6.00. The standard InChI is InChI=1S/C32H39N3O4/c1-8-22-13-12-16-25(19-22)28(29(36)33-26-18-17-23-14-10-11-15-24(23)20-26)35(9-2)30(37)27(21(3)4)34-31(38)39-32(5,6)7/h8,10-21,27-28H,1,9H2,2-7H3,(H,33,36)(H,34,38). The van der Waals surface area contributed by atoms with E-state index < -0.39 is 23.8 Å². The number of ether oxygens (including phenoxy) is 1. The summed E-state index contributed by atoms with van der Waals surface area (Å²) in [5.74, 6) is -0.981. The van der Waals surface area contributed by atoms with Crippen molar-refractivity contribution in [2.24, 2.45) is 5.92 Å². The van der Waals surface area contributed by atoms with Gasteiger partial charge in [0.15, 0.2) is 0 Å². The number of nitrogens with one attached hydrogen (secondary N) is 2. The number of benzene rings is 3. The third kappa shape index (κ3) is 7.69. The average molecular weight is 530 g/mol. The summed E-state index contributed by atoms with van der Waals surface area (Å²) in [7, 11) is 0. The van der Waals surface area contributed by atoms with Gasteiger partial charge in [0.1, 0.15) is 17.7 Å². The molecule has 0 saturated carbocycles. The SMILES string of the molecule is C=Cc1cccc(C(C(=O)Nc2ccc3ccccc3c2)N(CC)C(=O)C(NC(=O)OC(C)(C)C)C(C)C)c1. The molecule has 7 heteroatoms. The molecule has 0 aliphatic rings. The van der Waals surface area contributed by atoms with E-state index >= 15 is 0 Å². The Balaban J connectivity index is 1.99. The molecule has 3 rings (SSSR count). The Labute approximate surface area is 231 Å². The maximum atomic E-state index is 14.0. The predicted molar refractivity (Wildman–Crippen MR) is 157 cm³/mol. The van der Waals surface area contributed by atoms with Gasteiger partial charge in [-0.2, -0.15) is 0 Å². The summed E-state index contributed by atoms with van der Waals surface area (Å²) in [4.78, 5) is 42.0. The highest BCUT2D eigenvalue weighted by atomic mass is 16.6. The Morgan fingerprint density at radius 3 is 2.28 bits per heavy atom. The average Bonchev–Trinajstić information content (AvgIpc) is 2.88. The molecular weight excluding hydrogens is 490 g/mol. The smallest absolute Gasteiger partial charge is 0.408 e. The van der Waals surface area contributed by atoms with Crippen LogP contribution in [0, 0.1) is 5.92 Å². The second-order valence-corrected chi connectivity index (χ2v) is 10.8. The van der Waals surface area contributed by atoms with E-state index in [-0.39, 0.29) is 24.3 Å². The molecule has 0 saturated heterocycles. The first-order valence-corrected chi connectivity index (χ1v) is 13.3. The fourth-order valence-corrected chi connectivity index (χ4v) is 4.40. The monoisotopic (exact) mass is 529 g/mol. The van der Waals surface area contributed by atoms with Crippen molar-refractivity contribution in [3.8, 4) is 0 Å². The van der Waals surface area contributed by atoms with Gasteiger partial charge >= 0.3 is 6.09 Å². The maximum Gasteiger partial charge on any atom is 0.408 e. The number of rotatable bonds is 9. The number of amides is 3. The van der Waals surface area contributed by atoms with Crippen molar-refractivity contribution < 1.29 is 19.1 Å². The molecule has 3 amide bonds. The maximum absolute atomic E-state index is 14.0. The molecule has 0 bridgehead atoms. The fourth-order valence-electron chi connectivity index (χ4n) is 4.40. The van der Waals surface area contributed by atoms with Crippen molar-refractivity contribution in [2.75, 3.05) is 11.9 Å². The lowest BCUT2D eigenvalue weighted by Gasteiger charge is -2.35. The molecule has 0 fully saturated rings.